The lowest BCUT2D eigenvalue weighted by molar-refractivity contribution is -0.136. The van der Waals surface area contributed by atoms with Crippen molar-refractivity contribution in [2.75, 3.05) is 18.5 Å². The van der Waals surface area contributed by atoms with Crippen LogP contribution in [0.2, 0.25) is 0 Å². The second-order valence-electron chi connectivity index (χ2n) is 10.2. The molecule has 3 aliphatic rings. The lowest BCUT2D eigenvalue weighted by Crippen LogP contribution is -2.52. The third kappa shape index (κ3) is 5.97. The SMILES string of the molecule is O=C1CCC(N2Cc3ccc(COC(=O)Nc4ccc(Oc5ccc(F)c(F)c5)cc4)c(OC4COC4)c3C2=O)C(=O)N1. The largest absolute Gasteiger partial charge is 0.484 e. The Morgan fingerprint density at radius 1 is 1.00 bits per heavy atom. The zero-order chi connectivity index (χ0) is 30.1. The fourth-order valence-corrected chi connectivity index (χ4v) is 4.94. The Morgan fingerprint density at radius 3 is 2.47 bits per heavy atom. The number of benzene rings is 3. The molecule has 0 spiro atoms. The van der Waals surface area contributed by atoms with E-state index in [1.807, 2.05) is 0 Å². The third-order valence-corrected chi connectivity index (χ3v) is 7.21. The number of hydrogen-bond acceptors (Lipinski definition) is 8. The summed E-state index contributed by atoms with van der Waals surface area (Å²) in [5.74, 6) is -2.61. The summed E-state index contributed by atoms with van der Waals surface area (Å²) in [6.07, 6.45) is -0.699. The van der Waals surface area contributed by atoms with E-state index in [2.05, 4.69) is 10.6 Å². The van der Waals surface area contributed by atoms with E-state index in [9.17, 15) is 28.0 Å². The van der Waals surface area contributed by atoms with Crippen LogP contribution in [-0.2, 0) is 32.2 Å². The molecule has 43 heavy (non-hydrogen) atoms. The van der Waals surface area contributed by atoms with Gasteiger partial charge in [0.05, 0.1) is 18.8 Å². The highest BCUT2D eigenvalue weighted by Crippen LogP contribution is 2.37. The number of nitrogens with zero attached hydrogens (tertiary/aromatic N) is 1. The van der Waals surface area contributed by atoms with Crippen molar-refractivity contribution in [2.45, 2.75) is 38.1 Å². The quantitative estimate of drug-likeness (QED) is 0.374. The van der Waals surface area contributed by atoms with Crippen LogP contribution in [0.5, 0.6) is 17.2 Å². The number of nitrogens with one attached hydrogen (secondary N) is 2. The van der Waals surface area contributed by atoms with Gasteiger partial charge in [0.25, 0.3) is 5.91 Å². The normalized spacial score (nSPS) is 18.0. The molecule has 3 aromatic rings. The highest BCUT2D eigenvalue weighted by atomic mass is 19.2. The Labute approximate surface area is 243 Å². The van der Waals surface area contributed by atoms with Crippen LogP contribution < -0.4 is 20.1 Å². The molecule has 4 amide bonds. The van der Waals surface area contributed by atoms with Crippen molar-refractivity contribution >= 4 is 29.5 Å². The monoisotopic (exact) mass is 593 g/mol. The lowest BCUT2D eigenvalue weighted by Gasteiger charge is -2.30. The molecule has 13 heteroatoms. The third-order valence-electron chi connectivity index (χ3n) is 7.21. The van der Waals surface area contributed by atoms with Gasteiger partial charge in [-0.25, -0.2) is 13.6 Å². The first kappa shape index (κ1) is 28.1. The topological polar surface area (TPSA) is 132 Å². The fraction of sp³-hybridized carbons (Fsp3) is 0.267. The van der Waals surface area contributed by atoms with E-state index in [0.717, 1.165) is 12.1 Å². The molecule has 3 heterocycles. The van der Waals surface area contributed by atoms with Gasteiger partial charge >= 0.3 is 6.09 Å². The van der Waals surface area contributed by atoms with Crippen molar-refractivity contribution in [3.8, 4) is 17.2 Å². The van der Waals surface area contributed by atoms with E-state index in [-0.39, 0.29) is 55.1 Å². The number of rotatable bonds is 8. The summed E-state index contributed by atoms with van der Waals surface area (Å²) in [7, 11) is 0. The molecule has 0 aromatic heterocycles. The highest BCUT2D eigenvalue weighted by molar-refractivity contribution is 6.06. The molecule has 3 aromatic carbocycles. The number of ether oxygens (including phenoxy) is 4. The Morgan fingerprint density at radius 2 is 1.77 bits per heavy atom. The minimum Gasteiger partial charge on any atom is -0.484 e. The maximum atomic E-state index is 13.5. The Hall–Kier alpha value is -5.04. The summed E-state index contributed by atoms with van der Waals surface area (Å²) in [5.41, 5.74) is 1.78. The van der Waals surface area contributed by atoms with Crippen molar-refractivity contribution in [1.82, 2.24) is 10.2 Å². The predicted octanol–water partition coefficient (Wildman–Crippen LogP) is 4.04. The number of imide groups is 1. The van der Waals surface area contributed by atoms with Crippen LogP contribution in [0.1, 0.15) is 34.3 Å². The number of piperidine rings is 1. The van der Waals surface area contributed by atoms with Gasteiger partial charge in [-0.3, -0.25) is 25.0 Å². The molecule has 2 N–H and O–H groups in total. The first-order valence-electron chi connectivity index (χ1n) is 13.5. The van der Waals surface area contributed by atoms with Crippen LogP contribution in [0, 0.1) is 11.6 Å². The van der Waals surface area contributed by atoms with Gasteiger partial charge in [0.15, 0.2) is 11.6 Å². The van der Waals surface area contributed by atoms with E-state index >= 15 is 0 Å². The first-order valence-corrected chi connectivity index (χ1v) is 13.5. The molecule has 0 radical (unpaired) electrons. The zero-order valence-corrected chi connectivity index (χ0v) is 22.6. The summed E-state index contributed by atoms with van der Waals surface area (Å²) >= 11 is 0. The predicted molar refractivity (Wildman–Crippen MR) is 144 cm³/mol. The molecular formula is C30H25F2N3O8. The Bertz CT molecular complexity index is 1610. The summed E-state index contributed by atoms with van der Waals surface area (Å²) in [5, 5.41) is 4.87. The van der Waals surface area contributed by atoms with E-state index in [4.69, 9.17) is 18.9 Å². The minimum absolute atomic E-state index is 0.110. The summed E-state index contributed by atoms with van der Waals surface area (Å²) in [4.78, 5) is 51.6. The molecule has 0 saturated carbocycles. The van der Waals surface area contributed by atoms with Crippen molar-refractivity contribution in [3.63, 3.8) is 0 Å². The standard InChI is InChI=1S/C30H25F2N3O8/c31-22-8-7-20(11-23(22)32)42-19-5-3-18(4-6-19)33-30(39)41-13-17-2-1-16-12-35(24-9-10-25(36)34-28(24)37)29(38)26(16)27(17)43-21-14-40-15-21/h1-8,11,21,24H,9-10,12-15H2,(H,33,39)(H,34,36,37). The van der Waals surface area contributed by atoms with E-state index in [0.29, 0.717) is 35.8 Å². The molecule has 6 rings (SSSR count). The highest BCUT2D eigenvalue weighted by Gasteiger charge is 2.41. The number of anilines is 1. The molecule has 3 aliphatic heterocycles. The van der Waals surface area contributed by atoms with Crippen molar-refractivity contribution in [2.24, 2.45) is 0 Å². The van der Waals surface area contributed by atoms with Crippen LogP contribution in [0.15, 0.2) is 54.6 Å². The molecule has 1 atom stereocenters. The van der Waals surface area contributed by atoms with Crippen LogP contribution in [0.3, 0.4) is 0 Å². The first-order chi connectivity index (χ1) is 20.7. The molecule has 1 unspecified atom stereocenters. The number of carbonyl (C=O) groups is 4. The zero-order valence-electron chi connectivity index (χ0n) is 22.6. The smallest absolute Gasteiger partial charge is 0.411 e. The van der Waals surface area contributed by atoms with Crippen LogP contribution in [0.4, 0.5) is 19.3 Å². The van der Waals surface area contributed by atoms with Crippen LogP contribution >= 0.6 is 0 Å². The van der Waals surface area contributed by atoms with E-state index < -0.39 is 35.6 Å². The summed E-state index contributed by atoms with van der Waals surface area (Å²) < 4.78 is 48.8. The number of hydrogen-bond donors (Lipinski definition) is 2. The second-order valence-corrected chi connectivity index (χ2v) is 10.2. The maximum Gasteiger partial charge on any atom is 0.411 e. The average molecular weight is 594 g/mol. The van der Waals surface area contributed by atoms with Crippen LogP contribution in [0.25, 0.3) is 0 Å². The van der Waals surface area contributed by atoms with Crippen LogP contribution in [-0.4, -0.2) is 54.1 Å². The van der Waals surface area contributed by atoms with E-state index in [1.165, 1.54) is 23.1 Å². The number of amides is 4. The van der Waals surface area contributed by atoms with Crippen molar-refractivity contribution in [3.05, 3.63) is 82.9 Å². The average Bonchev–Trinajstić information content (AvgIpc) is 3.29. The molecule has 2 saturated heterocycles. The maximum absolute atomic E-state index is 13.5. The lowest BCUT2D eigenvalue weighted by atomic mass is 10.0. The van der Waals surface area contributed by atoms with Gasteiger partial charge in [-0.2, -0.15) is 0 Å². The van der Waals surface area contributed by atoms with Gasteiger partial charge in [-0.1, -0.05) is 12.1 Å². The summed E-state index contributed by atoms with van der Waals surface area (Å²) in [6.45, 7) is 0.636. The van der Waals surface area contributed by atoms with Crippen molar-refractivity contribution in [1.29, 1.82) is 0 Å². The molecular weight excluding hydrogens is 568 g/mol. The van der Waals surface area contributed by atoms with Gasteiger partial charge in [-0.15, -0.1) is 0 Å². The molecule has 222 valence electrons. The molecule has 11 nitrogen and oxygen atoms in total. The fourth-order valence-electron chi connectivity index (χ4n) is 4.94. The number of halogens is 2. The van der Waals surface area contributed by atoms with Gasteiger partial charge in [0.2, 0.25) is 11.8 Å². The van der Waals surface area contributed by atoms with Gasteiger partial charge in [-0.05, 0) is 48.4 Å². The minimum atomic E-state index is -1.03. The number of carbonyl (C=O) groups excluding carboxylic acids is 4. The second kappa shape index (κ2) is 11.7. The Balaban J connectivity index is 1.12. The molecule has 0 bridgehead atoms. The van der Waals surface area contributed by atoms with Gasteiger partial charge < -0.3 is 23.8 Å². The molecule has 2 fully saturated rings. The Kier molecular flexibility index (Phi) is 7.63. The van der Waals surface area contributed by atoms with E-state index in [1.54, 1.807) is 24.3 Å². The summed E-state index contributed by atoms with van der Waals surface area (Å²) in [6, 6.07) is 12.0. The molecule has 0 aliphatic carbocycles. The number of fused-ring (bicyclic) bond motifs is 1. The van der Waals surface area contributed by atoms with Gasteiger partial charge in [0.1, 0.15) is 36.0 Å². The van der Waals surface area contributed by atoms with Crippen molar-refractivity contribution < 1.29 is 46.9 Å². The van der Waals surface area contributed by atoms with Gasteiger partial charge in [0, 0.05) is 30.3 Å².